The molecule has 0 saturated heterocycles. The van der Waals surface area contributed by atoms with E-state index in [1.54, 1.807) is 12.1 Å². The van der Waals surface area contributed by atoms with Crippen LogP contribution < -0.4 is 5.32 Å². The van der Waals surface area contributed by atoms with Crippen molar-refractivity contribution in [1.29, 1.82) is 0 Å². The van der Waals surface area contributed by atoms with Gasteiger partial charge in [-0.25, -0.2) is 4.39 Å². The number of amides is 1. The number of hydrogen-bond acceptors (Lipinski definition) is 4. The molecule has 0 radical (unpaired) electrons. The Kier molecular flexibility index (Phi) is 6.63. The minimum Gasteiger partial charge on any atom is -0.351 e. The third-order valence-corrected chi connectivity index (χ3v) is 5.36. The van der Waals surface area contributed by atoms with E-state index in [0.717, 1.165) is 15.9 Å². The maximum absolute atomic E-state index is 13.7. The van der Waals surface area contributed by atoms with Gasteiger partial charge in [-0.05, 0) is 30.7 Å². The van der Waals surface area contributed by atoms with Gasteiger partial charge in [0.2, 0.25) is 5.91 Å². The molecule has 0 aliphatic rings. The molecule has 1 amide bonds. The van der Waals surface area contributed by atoms with Crippen molar-refractivity contribution >= 4 is 33.6 Å². The van der Waals surface area contributed by atoms with Gasteiger partial charge in [0, 0.05) is 16.6 Å². The molecule has 140 valence electrons. The summed E-state index contributed by atoms with van der Waals surface area (Å²) in [5, 5.41) is 11.7. The van der Waals surface area contributed by atoms with Gasteiger partial charge >= 0.3 is 0 Å². The maximum atomic E-state index is 13.7. The number of aryl methyl sites for hydroxylation is 1. The molecule has 0 bridgehead atoms. The van der Waals surface area contributed by atoms with Gasteiger partial charge in [-0.2, -0.15) is 0 Å². The third kappa shape index (κ3) is 5.40. The third-order valence-electron chi connectivity index (χ3n) is 3.90. The van der Waals surface area contributed by atoms with E-state index in [9.17, 15) is 9.18 Å². The van der Waals surface area contributed by atoms with E-state index in [1.165, 1.54) is 17.8 Å². The fourth-order valence-electron chi connectivity index (χ4n) is 2.47. The Labute approximate surface area is 169 Å². The second-order valence-electron chi connectivity index (χ2n) is 5.90. The Balaban J connectivity index is 1.57. The Morgan fingerprint density at radius 1 is 1.22 bits per heavy atom. The Hall–Kier alpha value is -2.19. The predicted molar refractivity (Wildman–Crippen MR) is 107 cm³/mol. The zero-order valence-electron chi connectivity index (χ0n) is 14.7. The van der Waals surface area contributed by atoms with E-state index in [-0.39, 0.29) is 24.0 Å². The van der Waals surface area contributed by atoms with Crippen LogP contribution >= 0.6 is 27.7 Å². The SMILES string of the molecule is Cc1nnc(SCC(=O)NCc2cc(Br)ccc2F)n1Cc1ccccc1. The van der Waals surface area contributed by atoms with Crippen LogP contribution in [0.1, 0.15) is 17.0 Å². The number of carbonyl (C=O) groups excluding carboxylic acids is 1. The summed E-state index contributed by atoms with van der Waals surface area (Å²) < 4.78 is 16.5. The quantitative estimate of drug-likeness (QED) is 0.556. The van der Waals surface area contributed by atoms with Crippen molar-refractivity contribution < 1.29 is 9.18 Å². The first-order chi connectivity index (χ1) is 13.0. The molecule has 27 heavy (non-hydrogen) atoms. The topological polar surface area (TPSA) is 59.8 Å². The van der Waals surface area contributed by atoms with Gasteiger partial charge in [0.1, 0.15) is 11.6 Å². The van der Waals surface area contributed by atoms with Crippen molar-refractivity contribution in [3.8, 4) is 0 Å². The van der Waals surface area contributed by atoms with Crippen LogP contribution in [0.4, 0.5) is 4.39 Å². The lowest BCUT2D eigenvalue weighted by Crippen LogP contribution is -2.25. The summed E-state index contributed by atoms with van der Waals surface area (Å²) in [6.45, 7) is 2.67. The van der Waals surface area contributed by atoms with Crippen LogP contribution in [0.5, 0.6) is 0 Å². The maximum Gasteiger partial charge on any atom is 0.230 e. The lowest BCUT2D eigenvalue weighted by Gasteiger charge is -2.09. The van der Waals surface area contributed by atoms with Crippen LogP contribution in [-0.4, -0.2) is 26.4 Å². The first-order valence-corrected chi connectivity index (χ1v) is 10.1. The summed E-state index contributed by atoms with van der Waals surface area (Å²) >= 11 is 4.61. The lowest BCUT2D eigenvalue weighted by atomic mass is 10.2. The average Bonchev–Trinajstić information content (AvgIpc) is 3.01. The standard InChI is InChI=1S/C19H18BrFN4OS/c1-13-23-24-19(25(13)11-14-5-3-2-4-6-14)27-12-18(26)22-10-15-9-16(20)7-8-17(15)21/h2-9H,10-12H2,1H3,(H,22,26). The van der Waals surface area contributed by atoms with Gasteiger partial charge in [-0.3, -0.25) is 4.79 Å². The van der Waals surface area contributed by atoms with Crippen molar-refractivity contribution in [2.45, 2.75) is 25.2 Å². The van der Waals surface area contributed by atoms with Gasteiger partial charge in [0.25, 0.3) is 0 Å². The number of hydrogen-bond donors (Lipinski definition) is 1. The number of nitrogens with one attached hydrogen (secondary N) is 1. The smallest absolute Gasteiger partial charge is 0.230 e. The van der Waals surface area contributed by atoms with E-state index in [4.69, 9.17) is 0 Å². The number of aromatic nitrogens is 3. The number of thioether (sulfide) groups is 1. The highest BCUT2D eigenvalue weighted by molar-refractivity contribution is 9.10. The minimum absolute atomic E-state index is 0.139. The zero-order chi connectivity index (χ0) is 19.2. The Morgan fingerprint density at radius 3 is 2.78 bits per heavy atom. The molecule has 0 fully saturated rings. The van der Waals surface area contributed by atoms with Crippen molar-refractivity contribution in [1.82, 2.24) is 20.1 Å². The number of carbonyl (C=O) groups is 1. The van der Waals surface area contributed by atoms with E-state index in [0.29, 0.717) is 17.3 Å². The molecule has 0 spiro atoms. The fraction of sp³-hybridized carbons (Fsp3) is 0.211. The van der Waals surface area contributed by atoms with Gasteiger partial charge in [0.15, 0.2) is 5.16 Å². The van der Waals surface area contributed by atoms with E-state index < -0.39 is 0 Å². The molecular weight excluding hydrogens is 431 g/mol. The molecule has 3 aromatic rings. The molecule has 3 rings (SSSR count). The van der Waals surface area contributed by atoms with Crippen LogP contribution in [0, 0.1) is 12.7 Å². The first kappa shape index (κ1) is 19.6. The van der Waals surface area contributed by atoms with Crippen LogP contribution in [0.25, 0.3) is 0 Å². The van der Waals surface area contributed by atoms with Gasteiger partial charge in [0.05, 0.1) is 12.3 Å². The molecule has 1 heterocycles. The van der Waals surface area contributed by atoms with E-state index in [2.05, 4.69) is 31.4 Å². The minimum atomic E-state index is -0.343. The van der Waals surface area contributed by atoms with E-state index >= 15 is 0 Å². The highest BCUT2D eigenvalue weighted by atomic mass is 79.9. The zero-order valence-corrected chi connectivity index (χ0v) is 17.1. The lowest BCUT2D eigenvalue weighted by molar-refractivity contribution is -0.118. The number of nitrogens with zero attached hydrogens (tertiary/aromatic N) is 3. The summed E-state index contributed by atoms with van der Waals surface area (Å²) in [4.78, 5) is 12.1. The molecule has 0 unspecified atom stereocenters. The van der Waals surface area contributed by atoms with Gasteiger partial charge in [-0.15, -0.1) is 10.2 Å². The van der Waals surface area contributed by atoms with E-state index in [1.807, 2.05) is 41.8 Å². The normalized spacial score (nSPS) is 10.8. The molecule has 0 saturated carbocycles. The summed E-state index contributed by atoms with van der Waals surface area (Å²) in [6, 6.07) is 14.7. The molecule has 8 heteroatoms. The molecule has 1 aromatic heterocycles. The largest absolute Gasteiger partial charge is 0.351 e. The Bertz CT molecular complexity index is 933. The van der Waals surface area contributed by atoms with Crippen molar-refractivity contribution in [3.63, 3.8) is 0 Å². The second kappa shape index (κ2) is 9.14. The highest BCUT2D eigenvalue weighted by Crippen LogP contribution is 2.19. The fourth-order valence-corrected chi connectivity index (χ4v) is 3.69. The summed E-state index contributed by atoms with van der Waals surface area (Å²) in [5.41, 5.74) is 1.57. The molecule has 0 aliphatic carbocycles. The van der Waals surface area contributed by atoms with Crippen molar-refractivity contribution in [2.24, 2.45) is 0 Å². The summed E-state index contributed by atoms with van der Waals surface area (Å²) in [7, 11) is 0. The molecular formula is C19H18BrFN4OS. The van der Waals surface area contributed by atoms with Crippen LogP contribution in [0.3, 0.4) is 0 Å². The summed E-state index contributed by atoms with van der Waals surface area (Å²) in [6.07, 6.45) is 0. The second-order valence-corrected chi connectivity index (χ2v) is 7.76. The van der Waals surface area contributed by atoms with Crippen LogP contribution in [-0.2, 0) is 17.9 Å². The number of benzene rings is 2. The average molecular weight is 449 g/mol. The molecule has 1 N–H and O–H groups in total. The summed E-state index contributed by atoms with van der Waals surface area (Å²) in [5.74, 6) is 0.441. The monoisotopic (exact) mass is 448 g/mol. The molecule has 0 atom stereocenters. The predicted octanol–water partition coefficient (Wildman–Crippen LogP) is 3.94. The van der Waals surface area contributed by atoms with Crippen molar-refractivity contribution in [3.05, 3.63) is 75.8 Å². The first-order valence-electron chi connectivity index (χ1n) is 8.30. The molecule has 0 aliphatic heterocycles. The molecule has 2 aromatic carbocycles. The van der Waals surface area contributed by atoms with Crippen LogP contribution in [0.2, 0.25) is 0 Å². The number of rotatable bonds is 7. The van der Waals surface area contributed by atoms with Gasteiger partial charge in [-0.1, -0.05) is 58.0 Å². The van der Waals surface area contributed by atoms with Gasteiger partial charge < -0.3 is 9.88 Å². The Morgan fingerprint density at radius 2 is 2.00 bits per heavy atom. The van der Waals surface area contributed by atoms with Crippen LogP contribution in [0.15, 0.2) is 58.2 Å². The highest BCUT2D eigenvalue weighted by Gasteiger charge is 2.13. The van der Waals surface area contributed by atoms with Crippen molar-refractivity contribution in [2.75, 3.05) is 5.75 Å². The molecule has 5 nitrogen and oxygen atoms in total. The number of halogens is 2.